The summed E-state index contributed by atoms with van der Waals surface area (Å²) >= 11 is 12.7. The van der Waals surface area contributed by atoms with Gasteiger partial charge in [0.05, 0.1) is 10.0 Å². The lowest BCUT2D eigenvalue weighted by atomic mass is 9.83. The van der Waals surface area contributed by atoms with E-state index < -0.39 is 11.4 Å². The van der Waals surface area contributed by atoms with Gasteiger partial charge in [-0.25, -0.2) is 0 Å². The van der Waals surface area contributed by atoms with Crippen LogP contribution in [0.4, 0.5) is 0 Å². The van der Waals surface area contributed by atoms with Crippen LogP contribution < -0.4 is 11.1 Å². The number of hydrogen-bond acceptors (Lipinski definition) is 4. The highest BCUT2D eigenvalue weighted by Crippen LogP contribution is 2.36. The van der Waals surface area contributed by atoms with Gasteiger partial charge in [0.2, 0.25) is 5.91 Å². The molecule has 0 saturated carbocycles. The molecule has 2 aromatic heterocycles. The first-order valence-electron chi connectivity index (χ1n) is 9.30. The molecule has 1 aromatic carbocycles. The van der Waals surface area contributed by atoms with Crippen LogP contribution in [-0.4, -0.2) is 22.4 Å². The first-order valence-corrected chi connectivity index (χ1v) is 10.1. The lowest BCUT2D eigenvalue weighted by Gasteiger charge is -2.33. The first-order chi connectivity index (χ1) is 14.0. The lowest BCUT2D eigenvalue weighted by Crippen LogP contribution is -2.53. The summed E-state index contributed by atoms with van der Waals surface area (Å²) in [5.74, 6) is -0.498. The molecule has 0 aliphatic carbocycles. The number of amides is 1. The van der Waals surface area contributed by atoms with Crippen LogP contribution in [0.1, 0.15) is 23.1 Å². The summed E-state index contributed by atoms with van der Waals surface area (Å²) < 4.78 is 0. The minimum absolute atomic E-state index is 0.330. The van der Waals surface area contributed by atoms with Gasteiger partial charge in [-0.15, -0.1) is 0 Å². The Morgan fingerprint density at radius 1 is 0.966 bits per heavy atom. The van der Waals surface area contributed by atoms with Gasteiger partial charge in [-0.3, -0.25) is 20.1 Å². The van der Waals surface area contributed by atoms with Crippen LogP contribution in [0, 0.1) is 0 Å². The Morgan fingerprint density at radius 2 is 1.76 bits per heavy atom. The number of carbonyl (C=O) groups excluding carboxylic acids is 1. The zero-order valence-electron chi connectivity index (χ0n) is 15.8. The number of primary amides is 1. The molecular weight excluding hydrogens is 407 g/mol. The SMILES string of the molecule is NC(=O)C(CCc1ccncc1)(NCCc1cccnc1)c1cccc(Cl)c1Cl. The first kappa shape index (κ1) is 21.2. The van der Waals surface area contributed by atoms with Crippen LogP contribution >= 0.6 is 23.2 Å². The van der Waals surface area contributed by atoms with E-state index in [1.54, 1.807) is 43.0 Å². The predicted octanol–water partition coefficient (Wildman–Crippen LogP) is 3.93. The molecule has 0 saturated heterocycles. The average molecular weight is 429 g/mol. The molecule has 3 aromatic rings. The van der Waals surface area contributed by atoms with E-state index in [9.17, 15) is 4.79 Å². The molecule has 0 radical (unpaired) electrons. The van der Waals surface area contributed by atoms with Gasteiger partial charge in [-0.05, 0) is 54.7 Å². The van der Waals surface area contributed by atoms with Gasteiger partial charge < -0.3 is 5.73 Å². The van der Waals surface area contributed by atoms with E-state index in [4.69, 9.17) is 28.9 Å². The van der Waals surface area contributed by atoms with Gasteiger partial charge in [0.25, 0.3) is 0 Å². The molecule has 0 fully saturated rings. The van der Waals surface area contributed by atoms with Crippen molar-refractivity contribution in [1.29, 1.82) is 0 Å². The second-order valence-corrected chi connectivity index (χ2v) is 7.55. The van der Waals surface area contributed by atoms with Crippen molar-refractivity contribution in [3.05, 3.63) is 94.0 Å². The average Bonchev–Trinajstić information content (AvgIpc) is 2.74. The molecule has 0 bridgehead atoms. The van der Waals surface area contributed by atoms with Gasteiger partial charge in [0, 0.05) is 36.9 Å². The van der Waals surface area contributed by atoms with E-state index in [0.717, 1.165) is 11.1 Å². The Morgan fingerprint density at radius 3 is 2.45 bits per heavy atom. The second-order valence-electron chi connectivity index (χ2n) is 6.76. The van der Waals surface area contributed by atoms with Crippen LogP contribution in [-0.2, 0) is 23.2 Å². The number of halogens is 2. The molecule has 0 spiro atoms. The third-order valence-electron chi connectivity index (χ3n) is 4.93. The lowest BCUT2D eigenvalue weighted by molar-refractivity contribution is -0.125. The van der Waals surface area contributed by atoms with Crippen LogP contribution in [0.3, 0.4) is 0 Å². The zero-order chi connectivity index (χ0) is 20.7. The number of nitrogens with zero attached hydrogens (tertiary/aromatic N) is 2. The maximum atomic E-state index is 12.8. The van der Waals surface area contributed by atoms with Gasteiger partial charge >= 0.3 is 0 Å². The Hall–Kier alpha value is -2.47. The van der Waals surface area contributed by atoms with Gasteiger partial charge in [-0.1, -0.05) is 41.4 Å². The quantitative estimate of drug-likeness (QED) is 0.540. The fraction of sp³-hybridized carbons (Fsp3) is 0.227. The van der Waals surface area contributed by atoms with Gasteiger partial charge in [-0.2, -0.15) is 0 Å². The molecule has 29 heavy (non-hydrogen) atoms. The number of hydrogen-bond donors (Lipinski definition) is 2. The summed E-state index contributed by atoms with van der Waals surface area (Å²) in [4.78, 5) is 21.0. The fourth-order valence-corrected chi connectivity index (χ4v) is 3.80. The standard InChI is InChI=1S/C22H22Cl2N4O/c23-19-5-1-4-18(20(19)24)22(21(25)29,10-6-16-7-12-26-13-8-16)28-14-9-17-3-2-11-27-15-17/h1-5,7-8,11-13,15,28H,6,9-10,14H2,(H2,25,29). The Labute approximate surface area is 180 Å². The second kappa shape index (κ2) is 9.83. The minimum Gasteiger partial charge on any atom is -0.368 e. The third-order valence-corrected chi connectivity index (χ3v) is 5.75. The Bertz CT molecular complexity index is 954. The van der Waals surface area contributed by atoms with E-state index in [1.165, 1.54) is 0 Å². The van der Waals surface area contributed by atoms with Crippen molar-refractivity contribution in [2.24, 2.45) is 5.73 Å². The molecule has 1 unspecified atom stereocenters. The van der Waals surface area contributed by atoms with Crippen molar-refractivity contribution in [3.63, 3.8) is 0 Å². The Balaban J connectivity index is 1.91. The summed E-state index contributed by atoms with van der Waals surface area (Å²) in [6, 6.07) is 13.0. The van der Waals surface area contributed by atoms with Crippen molar-refractivity contribution in [1.82, 2.24) is 15.3 Å². The molecule has 5 nitrogen and oxygen atoms in total. The number of aryl methyl sites for hydroxylation is 1. The normalized spacial score (nSPS) is 13.0. The number of rotatable bonds is 9. The minimum atomic E-state index is -1.16. The number of benzene rings is 1. The molecule has 1 atom stereocenters. The summed E-state index contributed by atoms with van der Waals surface area (Å²) in [6.45, 7) is 0.522. The third kappa shape index (κ3) is 5.12. The van der Waals surface area contributed by atoms with Crippen LogP contribution in [0.15, 0.2) is 67.3 Å². The molecule has 7 heteroatoms. The number of aromatic nitrogens is 2. The van der Waals surface area contributed by atoms with Gasteiger partial charge in [0.15, 0.2) is 0 Å². The number of pyridine rings is 2. The van der Waals surface area contributed by atoms with Crippen molar-refractivity contribution >= 4 is 29.1 Å². The molecule has 150 valence electrons. The smallest absolute Gasteiger partial charge is 0.242 e. The van der Waals surface area contributed by atoms with E-state index in [2.05, 4.69) is 15.3 Å². The van der Waals surface area contributed by atoms with Crippen LogP contribution in [0.2, 0.25) is 10.0 Å². The summed E-state index contributed by atoms with van der Waals surface area (Å²) in [5, 5.41) is 4.09. The van der Waals surface area contributed by atoms with Crippen LogP contribution in [0.25, 0.3) is 0 Å². The van der Waals surface area contributed by atoms with E-state index in [0.29, 0.717) is 41.4 Å². The van der Waals surface area contributed by atoms with Crippen molar-refractivity contribution in [2.75, 3.05) is 6.54 Å². The molecule has 0 aliphatic heterocycles. The van der Waals surface area contributed by atoms with E-state index in [1.807, 2.05) is 24.3 Å². The molecule has 0 aliphatic rings. The van der Waals surface area contributed by atoms with E-state index >= 15 is 0 Å². The maximum Gasteiger partial charge on any atom is 0.242 e. The monoisotopic (exact) mass is 428 g/mol. The highest BCUT2D eigenvalue weighted by atomic mass is 35.5. The number of nitrogens with one attached hydrogen (secondary N) is 1. The maximum absolute atomic E-state index is 12.8. The molecule has 2 heterocycles. The molecular formula is C22H22Cl2N4O. The molecule has 1 amide bonds. The fourth-order valence-electron chi connectivity index (χ4n) is 3.34. The Kier molecular flexibility index (Phi) is 7.20. The van der Waals surface area contributed by atoms with E-state index in [-0.39, 0.29) is 0 Å². The molecule has 3 rings (SSSR count). The number of nitrogens with two attached hydrogens (primary N) is 1. The summed E-state index contributed by atoms with van der Waals surface area (Å²) in [6.07, 6.45) is 8.72. The topological polar surface area (TPSA) is 80.9 Å². The van der Waals surface area contributed by atoms with Gasteiger partial charge in [0.1, 0.15) is 5.54 Å². The molecule has 3 N–H and O–H groups in total. The van der Waals surface area contributed by atoms with Crippen molar-refractivity contribution in [2.45, 2.75) is 24.8 Å². The van der Waals surface area contributed by atoms with Crippen molar-refractivity contribution in [3.8, 4) is 0 Å². The summed E-state index contributed by atoms with van der Waals surface area (Å²) in [7, 11) is 0. The highest BCUT2D eigenvalue weighted by Gasteiger charge is 2.39. The number of carbonyl (C=O) groups is 1. The van der Waals surface area contributed by atoms with Crippen LogP contribution in [0.5, 0.6) is 0 Å². The zero-order valence-corrected chi connectivity index (χ0v) is 17.3. The predicted molar refractivity (Wildman–Crippen MR) is 116 cm³/mol. The highest BCUT2D eigenvalue weighted by molar-refractivity contribution is 6.42. The van der Waals surface area contributed by atoms with Crippen molar-refractivity contribution < 1.29 is 4.79 Å². The largest absolute Gasteiger partial charge is 0.368 e. The summed E-state index contributed by atoms with van der Waals surface area (Å²) in [5.41, 5.74) is 7.48.